The summed E-state index contributed by atoms with van der Waals surface area (Å²) in [5, 5.41) is 11.9. The summed E-state index contributed by atoms with van der Waals surface area (Å²) in [4.78, 5) is 0. The van der Waals surface area contributed by atoms with E-state index in [2.05, 4.69) is 12.2 Å². The summed E-state index contributed by atoms with van der Waals surface area (Å²) >= 11 is 0. The maximum absolute atomic E-state index is 8.66. The predicted molar refractivity (Wildman–Crippen MR) is 74.2 cm³/mol. The van der Waals surface area contributed by atoms with Gasteiger partial charge < -0.3 is 10.4 Å². The molecule has 0 aromatic carbocycles. The molecule has 1 rings (SSSR count). The fourth-order valence-corrected chi connectivity index (χ4v) is 3.04. The molecule has 0 amide bonds. The van der Waals surface area contributed by atoms with Crippen LogP contribution in [0.1, 0.15) is 64.7 Å². The van der Waals surface area contributed by atoms with Crippen LogP contribution in [0.5, 0.6) is 0 Å². The van der Waals surface area contributed by atoms with Gasteiger partial charge in [0.1, 0.15) is 0 Å². The molecule has 1 aliphatic rings. The lowest BCUT2D eigenvalue weighted by molar-refractivity contribution is 0.258. The third-order valence-corrected chi connectivity index (χ3v) is 4.26. The van der Waals surface area contributed by atoms with Gasteiger partial charge in [-0.15, -0.1) is 0 Å². The molecule has 2 N–H and O–H groups in total. The molecule has 1 saturated carbocycles. The van der Waals surface area contributed by atoms with Crippen molar-refractivity contribution in [3.63, 3.8) is 0 Å². The first kappa shape index (κ1) is 15.0. The second-order valence-corrected chi connectivity index (χ2v) is 5.70. The lowest BCUT2D eigenvalue weighted by Crippen LogP contribution is -2.20. The van der Waals surface area contributed by atoms with Gasteiger partial charge in [0.15, 0.2) is 0 Å². The quantitative estimate of drug-likeness (QED) is 0.670. The number of rotatable bonds is 7. The highest BCUT2D eigenvalue weighted by molar-refractivity contribution is 4.70. The van der Waals surface area contributed by atoms with E-state index in [9.17, 15) is 0 Å². The Kier molecular flexibility index (Phi) is 8.72. The van der Waals surface area contributed by atoms with Gasteiger partial charge in [-0.05, 0) is 24.8 Å². The maximum Gasteiger partial charge on any atom is 0.0555 e. The maximum atomic E-state index is 8.66. The molecule has 0 spiro atoms. The number of aliphatic hydroxyl groups is 1. The molecule has 0 aliphatic heterocycles. The van der Waals surface area contributed by atoms with Gasteiger partial charge in [0, 0.05) is 6.54 Å². The van der Waals surface area contributed by atoms with Gasteiger partial charge in [0.2, 0.25) is 0 Å². The molecule has 0 aromatic heterocycles. The summed E-state index contributed by atoms with van der Waals surface area (Å²) < 4.78 is 0. The van der Waals surface area contributed by atoms with Gasteiger partial charge in [-0.1, -0.05) is 58.3 Å². The molecule has 2 atom stereocenters. The molecule has 1 fully saturated rings. The molecule has 17 heavy (non-hydrogen) atoms. The van der Waals surface area contributed by atoms with Crippen LogP contribution in [0.3, 0.4) is 0 Å². The number of unbranched alkanes of at least 4 members (excludes halogenated alkanes) is 1. The Morgan fingerprint density at radius 3 is 2.53 bits per heavy atom. The van der Waals surface area contributed by atoms with E-state index in [1.165, 1.54) is 57.8 Å². The highest BCUT2D eigenvalue weighted by Crippen LogP contribution is 2.30. The van der Waals surface area contributed by atoms with Gasteiger partial charge in [0.05, 0.1) is 6.61 Å². The van der Waals surface area contributed by atoms with Crippen molar-refractivity contribution in [3.8, 4) is 0 Å². The summed E-state index contributed by atoms with van der Waals surface area (Å²) in [7, 11) is 0. The monoisotopic (exact) mass is 241 g/mol. The van der Waals surface area contributed by atoms with Crippen molar-refractivity contribution in [1.82, 2.24) is 5.32 Å². The lowest BCUT2D eigenvalue weighted by Gasteiger charge is -2.26. The molecule has 2 nitrogen and oxygen atoms in total. The minimum absolute atomic E-state index is 0.264. The zero-order chi connectivity index (χ0) is 12.3. The molecule has 2 unspecified atom stereocenters. The number of nitrogens with one attached hydrogen (secondary N) is 1. The van der Waals surface area contributed by atoms with Crippen LogP contribution in [0.15, 0.2) is 0 Å². The van der Waals surface area contributed by atoms with Crippen molar-refractivity contribution in [3.05, 3.63) is 0 Å². The topological polar surface area (TPSA) is 32.3 Å². The van der Waals surface area contributed by atoms with Crippen LogP contribution >= 0.6 is 0 Å². The highest BCUT2D eigenvalue weighted by Gasteiger charge is 2.18. The number of hydrogen-bond acceptors (Lipinski definition) is 2. The number of hydrogen-bond donors (Lipinski definition) is 2. The van der Waals surface area contributed by atoms with E-state index in [1.54, 1.807) is 0 Å². The van der Waals surface area contributed by atoms with E-state index < -0.39 is 0 Å². The summed E-state index contributed by atoms with van der Waals surface area (Å²) in [5.41, 5.74) is 0. The Morgan fingerprint density at radius 1 is 1.00 bits per heavy atom. The zero-order valence-corrected chi connectivity index (χ0v) is 11.6. The molecule has 0 heterocycles. The van der Waals surface area contributed by atoms with Crippen LogP contribution in [0.4, 0.5) is 0 Å². The minimum Gasteiger partial charge on any atom is -0.395 e. The summed E-state index contributed by atoms with van der Waals surface area (Å²) in [6, 6.07) is 0. The predicted octanol–water partition coefficient (Wildman–Crippen LogP) is 3.35. The Labute approximate surface area is 107 Å². The van der Waals surface area contributed by atoms with Gasteiger partial charge in [-0.2, -0.15) is 0 Å². The Bertz CT molecular complexity index is 172. The average Bonchev–Trinajstić information content (AvgIpc) is 2.32. The number of aliphatic hydroxyl groups excluding tert-OH is 1. The van der Waals surface area contributed by atoms with Crippen molar-refractivity contribution in [1.29, 1.82) is 0 Å². The first-order valence-electron chi connectivity index (χ1n) is 7.66. The second kappa shape index (κ2) is 9.90. The van der Waals surface area contributed by atoms with Crippen LogP contribution in [0.2, 0.25) is 0 Å². The summed E-state index contributed by atoms with van der Waals surface area (Å²) in [6.07, 6.45) is 12.8. The first-order valence-corrected chi connectivity index (χ1v) is 7.66. The van der Waals surface area contributed by atoms with Crippen LogP contribution in [0, 0.1) is 11.8 Å². The van der Waals surface area contributed by atoms with Crippen molar-refractivity contribution >= 4 is 0 Å². The summed E-state index contributed by atoms with van der Waals surface area (Å²) in [6.45, 7) is 4.54. The molecule has 2 heteroatoms. The Hall–Kier alpha value is -0.0800. The van der Waals surface area contributed by atoms with Crippen LogP contribution in [-0.2, 0) is 0 Å². The van der Waals surface area contributed by atoms with Crippen LogP contribution in [-0.4, -0.2) is 24.8 Å². The largest absolute Gasteiger partial charge is 0.395 e. The molecule has 0 radical (unpaired) electrons. The molecule has 1 aliphatic carbocycles. The smallest absolute Gasteiger partial charge is 0.0555 e. The van der Waals surface area contributed by atoms with E-state index in [1.807, 2.05) is 0 Å². The van der Waals surface area contributed by atoms with Gasteiger partial charge >= 0.3 is 0 Å². The molecular weight excluding hydrogens is 210 g/mol. The van der Waals surface area contributed by atoms with E-state index in [0.29, 0.717) is 0 Å². The van der Waals surface area contributed by atoms with Crippen molar-refractivity contribution in [2.75, 3.05) is 19.7 Å². The lowest BCUT2D eigenvalue weighted by atomic mass is 9.80. The van der Waals surface area contributed by atoms with E-state index in [0.717, 1.165) is 24.9 Å². The molecule has 0 aromatic rings. The highest BCUT2D eigenvalue weighted by atomic mass is 16.3. The Balaban J connectivity index is 2.06. The Morgan fingerprint density at radius 2 is 1.76 bits per heavy atom. The molecule has 0 saturated heterocycles. The summed E-state index contributed by atoms with van der Waals surface area (Å²) in [5.74, 6) is 1.92. The SMILES string of the molecule is CC1CCCCCCC1CCCCNCCO. The van der Waals surface area contributed by atoms with Crippen molar-refractivity contribution < 1.29 is 5.11 Å². The normalized spacial score (nSPS) is 26.5. The van der Waals surface area contributed by atoms with Crippen molar-refractivity contribution in [2.24, 2.45) is 11.8 Å². The fourth-order valence-electron chi connectivity index (χ4n) is 3.04. The first-order chi connectivity index (χ1) is 8.34. The van der Waals surface area contributed by atoms with E-state index in [4.69, 9.17) is 5.11 Å². The zero-order valence-electron chi connectivity index (χ0n) is 11.6. The molecular formula is C15H31NO. The van der Waals surface area contributed by atoms with E-state index in [-0.39, 0.29) is 6.61 Å². The second-order valence-electron chi connectivity index (χ2n) is 5.70. The third-order valence-electron chi connectivity index (χ3n) is 4.26. The fraction of sp³-hybridized carbons (Fsp3) is 1.00. The minimum atomic E-state index is 0.264. The average molecular weight is 241 g/mol. The molecule has 102 valence electrons. The van der Waals surface area contributed by atoms with Gasteiger partial charge in [-0.25, -0.2) is 0 Å². The van der Waals surface area contributed by atoms with Gasteiger partial charge in [0.25, 0.3) is 0 Å². The van der Waals surface area contributed by atoms with Crippen LogP contribution < -0.4 is 5.32 Å². The van der Waals surface area contributed by atoms with Crippen LogP contribution in [0.25, 0.3) is 0 Å². The van der Waals surface area contributed by atoms with Gasteiger partial charge in [-0.3, -0.25) is 0 Å². The van der Waals surface area contributed by atoms with E-state index >= 15 is 0 Å². The molecule has 0 bridgehead atoms. The van der Waals surface area contributed by atoms with Crippen molar-refractivity contribution in [2.45, 2.75) is 64.7 Å². The standard InChI is InChI=1S/C15H31NO/c1-14-8-4-2-3-5-9-15(14)10-6-7-11-16-12-13-17/h14-17H,2-13H2,1H3. The third kappa shape index (κ3) is 7.05.